The fraction of sp³-hybridized carbons (Fsp3) is 0.323. The molecule has 7 heteroatoms. The van der Waals surface area contributed by atoms with Crippen LogP contribution in [-0.4, -0.2) is 26.3 Å². The molecule has 0 amide bonds. The summed E-state index contributed by atoms with van der Waals surface area (Å²) >= 11 is 1.94. The van der Waals surface area contributed by atoms with Crippen molar-refractivity contribution >= 4 is 22.5 Å². The second-order valence-electron chi connectivity index (χ2n) is 9.49. The largest absolute Gasteiger partial charge is 1.00 e. The molecule has 3 heterocycles. The first-order chi connectivity index (χ1) is 18.3. The number of ether oxygens (including phenoxy) is 4. The van der Waals surface area contributed by atoms with Gasteiger partial charge < -0.3 is 35.9 Å². The number of pyridine rings is 1. The molecule has 0 spiro atoms. The van der Waals surface area contributed by atoms with Crippen LogP contribution in [0.1, 0.15) is 31.2 Å². The molecular formula is C31H32BrNO4S. The molecule has 0 N–H and O–H groups in total. The molecule has 2 aliphatic rings. The fourth-order valence-electron chi connectivity index (χ4n) is 5.15. The molecule has 0 atom stereocenters. The minimum Gasteiger partial charge on any atom is -1.00 e. The van der Waals surface area contributed by atoms with Crippen LogP contribution in [0, 0.1) is 0 Å². The van der Waals surface area contributed by atoms with Gasteiger partial charge in [-0.05, 0) is 65.9 Å². The zero-order valence-electron chi connectivity index (χ0n) is 21.6. The van der Waals surface area contributed by atoms with Crippen LogP contribution < -0.4 is 40.5 Å². The molecule has 0 saturated carbocycles. The number of hydrogen-bond donors (Lipinski definition) is 0. The number of hydrogen-bond acceptors (Lipinski definition) is 5. The standard InChI is InChI=1S/C31H32NO4S.BrH/c1-33-28-12-11-22-17-27-25-19-30-29(35-21-36-30)18-23(25)13-14-32(27)20-26(22)31(28)34-15-7-2-3-8-16-37-24-9-5-4-6-10-24;/h4-6,9-12,17-20H,2-3,7-8,13-16,21H2,1H3;1H/q+1;/p-1. The lowest BCUT2D eigenvalue weighted by Crippen LogP contribution is -3.00. The van der Waals surface area contributed by atoms with Gasteiger partial charge in [0, 0.05) is 17.4 Å². The number of fused-ring (bicyclic) bond motifs is 5. The summed E-state index contributed by atoms with van der Waals surface area (Å²) in [5.74, 6) is 4.46. The van der Waals surface area contributed by atoms with Gasteiger partial charge in [0.2, 0.25) is 12.5 Å². The van der Waals surface area contributed by atoms with Crippen molar-refractivity contribution in [3.05, 3.63) is 72.4 Å². The summed E-state index contributed by atoms with van der Waals surface area (Å²) in [6, 6.07) is 21.3. The average molecular weight is 595 g/mol. The number of rotatable bonds is 10. The van der Waals surface area contributed by atoms with E-state index in [1.165, 1.54) is 41.0 Å². The number of methoxy groups -OCH3 is 1. The van der Waals surface area contributed by atoms with Gasteiger partial charge in [0.25, 0.3) is 0 Å². The molecule has 198 valence electrons. The molecule has 0 saturated heterocycles. The van der Waals surface area contributed by atoms with Crippen LogP contribution in [0.5, 0.6) is 23.0 Å². The summed E-state index contributed by atoms with van der Waals surface area (Å²) in [6.45, 7) is 1.90. The van der Waals surface area contributed by atoms with E-state index >= 15 is 0 Å². The minimum absolute atomic E-state index is 0. The van der Waals surface area contributed by atoms with E-state index in [1.807, 2.05) is 17.8 Å². The lowest BCUT2D eigenvalue weighted by Gasteiger charge is -2.18. The van der Waals surface area contributed by atoms with Crippen molar-refractivity contribution in [1.29, 1.82) is 0 Å². The Balaban J connectivity index is 0.00000294. The summed E-state index contributed by atoms with van der Waals surface area (Å²) in [7, 11) is 1.71. The quantitative estimate of drug-likeness (QED) is 0.159. The van der Waals surface area contributed by atoms with Gasteiger partial charge in [-0.15, -0.1) is 11.8 Å². The van der Waals surface area contributed by atoms with E-state index in [9.17, 15) is 0 Å². The summed E-state index contributed by atoms with van der Waals surface area (Å²) in [6.07, 6.45) is 7.82. The second kappa shape index (κ2) is 12.3. The fourth-order valence-corrected chi connectivity index (χ4v) is 6.08. The second-order valence-corrected chi connectivity index (χ2v) is 10.7. The molecule has 0 bridgehead atoms. The van der Waals surface area contributed by atoms with Gasteiger partial charge in [-0.1, -0.05) is 31.0 Å². The molecule has 3 aromatic carbocycles. The molecule has 5 nitrogen and oxygen atoms in total. The predicted molar refractivity (Wildman–Crippen MR) is 147 cm³/mol. The molecule has 0 radical (unpaired) electrons. The number of aryl methyl sites for hydroxylation is 2. The monoisotopic (exact) mass is 593 g/mol. The van der Waals surface area contributed by atoms with Gasteiger partial charge >= 0.3 is 0 Å². The van der Waals surface area contributed by atoms with E-state index in [0.29, 0.717) is 13.4 Å². The summed E-state index contributed by atoms with van der Waals surface area (Å²) in [5.41, 5.74) is 3.70. The lowest BCUT2D eigenvalue weighted by molar-refractivity contribution is -0.686. The Morgan fingerprint density at radius 3 is 2.58 bits per heavy atom. The van der Waals surface area contributed by atoms with Crippen molar-refractivity contribution in [1.82, 2.24) is 0 Å². The highest BCUT2D eigenvalue weighted by molar-refractivity contribution is 7.99. The third-order valence-corrected chi connectivity index (χ3v) is 8.19. The van der Waals surface area contributed by atoms with Crippen LogP contribution in [0.15, 0.2) is 71.8 Å². The molecule has 2 aliphatic heterocycles. The number of unbranched alkanes of at least 4 members (excludes halogenated alkanes) is 3. The van der Waals surface area contributed by atoms with Gasteiger partial charge in [0.15, 0.2) is 35.7 Å². The van der Waals surface area contributed by atoms with Crippen LogP contribution in [0.25, 0.3) is 22.0 Å². The predicted octanol–water partition coefficient (Wildman–Crippen LogP) is 3.82. The topological polar surface area (TPSA) is 40.8 Å². The summed E-state index contributed by atoms with van der Waals surface area (Å²) < 4.78 is 25.6. The van der Waals surface area contributed by atoms with E-state index in [1.54, 1.807) is 7.11 Å². The normalized spacial score (nSPS) is 13.0. The lowest BCUT2D eigenvalue weighted by atomic mass is 9.95. The van der Waals surface area contributed by atoms with Crippen molar-refractivity contribution in [3.63, 3.8) is 0 Å². The minimum atomic E-state index is 0. The molecule has 38 heavy (non-hydrogen) atoms. The van der Waals surface area contributed by atoms with Gasteiger partial charge in [-0.3, -0.25) is 0 Å². The maximum atomic E-state index is 6.36. The number of halogens is 1. The average Bonchev–Trinajstić information content (AvgIpc) is 3.40. The van der Waals surface area contributed by atoms with Gasteiger partial charge in [-0.2, -0.15) is 4.57 Å². The Morgan fingerprint density at radius 1 is 0.921 bits per heavy atom. The first kappa shape index (κ1) is 26.7. The third-order valence-electron chi connectivity index (χ3n) is 7.09. The first-order valence-corrected chi connectivity index (χ1v) is 14.1. The van der Waals surface area contributed by atoms with Crippen molar-refractivity contribution < 1.29 is 40.5 Å². The van der Waals surface area contributed by atoms with Crippen molar-refractivity contribution in [3.8, 4) is 34.3 Å². The van der Waals surface area contributed by atoms with Crippen LogP contribution in [0.2, 0.25) is 0 Å². The zero-order valence-corrected chi connectivity index (χ0v) is 24.0. The van der Waals surface area contributed by atoms with Crippen LogP contribution >= 0.6 is 11.8 Å². The Kier molecular flexibility index (Phi) is 8.65. The van der Waals surface area contributed by atoms with Gasteiger partial charge in [-0.25, -0.2) is 0 Å². The van der Waals surface area contributed by atoms with Crippen molar-refractivity contribution in [2.45, 2.75) is 43.5 Å². The number of thioether (sulfide) groups is 1. The van der Waals surface area contributed by atoms with Crippen LogP contribution in [0.4, 0.5) is 0 Å². The number of benzene rings is 3. The molecular weight excluding hydrogens is 562 g/mol. The van der Waals surface area contributed by atoms with Gasteiger partial charge in [0.05, 0.1) is 24.7 Å². The van der Waals surface area contributed by atoms with E-state index in [0.717, 1.165) is 58.9 Å². The summed E-state index contributed by atoms with van der Waals surface area (Å²) in [4.78, 5) is 1.35. The Hall–Kier alpha value is -2.90. The highest BCUT2D eigenvalue weighted by atomic mass is 79.9. The Bertz CT molecular complexity index is 1410. The molecule has 1 aromatic heterocycles. The molecule has 4 aromatic rings. The first-order valence-electron chi connectivity index (χ1n) is 13.1. The Morgan fingerprint density at radius 2 is 1.74 bits per heavy atom. The van der Waals surface area contributed by atoms with Crippen LogP contribution in [-0.2, 0) is 13.0 Å². The SMILES string of the molecule is COc1ccc2cc3[n+](cc2c1OCCCCCCSc1ccccc1)CCc1cc2c(cc1-3)OCO2.[Br-]. The number of nitrogens with zero attached hydrogens (tertiary/aromatic N) is 1. The maximum Gasteiger partial charge on any atom is 0.231 e. The van der Waals surface area contributed by atoms with Crippen molar-refractivity contribution in [2.24, 2.45) is 0 Å². The van der Waals surface area contributed by atoms with E-state index in [-0.39, 0.29) is 17.0 Å². The van der Waals surface area contributed by atoms with E-state index in [2.05, 4.69) is 65.4 Å². The molecule has 0 fully saturated rings. The zero-order chi connectivity index (χ0) is 25.0. The third kappa shape index (κ3) is 5.59. The van der Waals surface area contributed by atoms with E-state index < -0.39 is 0 Å². The van der Waals surface area contributed by atoms with Crippen molar-refractivity contribution in [2.75, 3.05) is 26.3 Å². The number of aromatic nitrogens is 1. The maximum absolute atomic E-state index is 6.36. The Labute approximate surface area is 238 Å². The molecule has 0 aliphatic carbocycles. The highest BCUT2D eigenvalue weighted by Crippen LogP contribution is 2.41. The smallest absolute Gasteiger partial charge is 0.231 e. The van der Waals surface area contributed by atoms with Gasteiger partial charge in [0.1, 0.15) is 0 Å². The summed E-state index contributed by atoms with van der Waals surface area (Å²) in [5, 5.41) is 2.23. The molecule has 6 rings (SSSR count). The van der Waals surface area contributed by atoms with Crippen LogP contribution in [0.3, 0.4) is 0 Å². The molecule has 0 unspecified atom stereocenters. The highest BCUT2D eigenvalue weighted by Gasteiger charge is 2.28. The van der Waals surface area contributed by atoms with E-state index in [4.69, 9.17) is 18.9 Å².